The van der Waals surface area contributed by atoms with Gasteiger partial charge in [-0.1, -0.05) is 24.6 Å². The number of hydrogen-bond acceptors (Lipinski definition) is 6. The number of hydrogen-bond donors (Lipinski definition) is 2. The van der Waals surface area contributed by atoms with Crippen LogP contribution in [0.2, 0.25) is 0 Å². The van der Waals surface area contributed by atoms with Gasteiger partial charge in [-0.25, -0.2) is 0 Å². The third kappa shape index (κ3) is 5.45. The van der Waals surface area contributed by atoms with Crippen LogP contribution >= 0.6 is 11.3 Å². The van der Waals surface area contributed by atoms with Gasteiger partial charge in [0.25, 0.3) is 0 Å². The molecule has 7 heteroatoms. The molecule has 0 saturated carbocycles. The van der Waals surface area contributed by atoms with E-state index in [4.69, 9.17) is 4.74 Å². The molecule has 2 aromatic rings. The molecule has 1 fully saturated rings. The third-order valence-electron chi connectivity index (χ3n) is 6.02. The first-order valence-electron chi connectivity index (χ1n) is 11.1. The summed E-state index contributed by atoms with van der Waals surface area (Å²) in [7, 11) is 0. The quantitative estimate of drug-likeness (QED) is 0.631. The molecular weight excluding hydrogens is 410 g/mol. The van der Waals surface area contributed by atoms with E-state index < -0.39 is 0 Å². The molecule has 1 amide bonds. The normalized spacial score (nSPS) is 18.4. The molecule has 4 rings (SSSR count). The Kier molecular flexibility index (Phi) is 7.23. The maximum absolute atomic E-state index is 13.0. The minimum Gasteiger partial charge on any atom is -0.508 e. The Balaban J connectivity index is 1.47. The Bertz CT molecular complexity index is 959. The van der Waals surface area contributed by atoms with Crippen LogP contribution in [-0.4, -0.2) is 41.7 Å². The van der Waals surface area contributed by atoms with E-state index in [0.717, 1.165) is 56.3 Å². The number of phenols is 1. The number of benzene rings is 1. The Labute approximate surface area is 187 Å². The summed E-state index contributed by atoms with van der Waals surface area (Å²) in [6.45, 7) is 2.04. The number of rotatable bonds is 7. The molecule has 6 nitrogen and oxygen atoms in total. The average molecular weight is 440 g/mol. The largest absolute Gasteiger partial charge is 0.508 e. The van der Waals surface area contributed by atoms with Gasteiger partial charge in [0, 0.05) is 30.1 Å². The molecule has 2 aliphatic rings. The first-order chi connectivity index (χ1) is 15.1. The number of carbonyl (C=O) groups excluding carboxylic acids is 1. The zero-order valence-electron chi connectivity index (χ0n) is 17.7. The Morgan fingerprint density at radius 2 is 2.10 bits per heavy atom. The molecule has 1 saturated heterocycles. The SMILES string of the molecule is N#Cc1c(NC(=O)CN(Cc2ccccc2O)CC2CCCO2)sc2c1CCCCC2. The fraction of sp³-hybridized carbons (Fsp3) is 0.500. The van der Waals surface area contributed by atoms with Crippen molar-refractivity contribution < 1.29 is 14.6 Å². The lowest BCUT2D eigenvalue weighted by Gasteiger charge is -2.25. The smallest absolute Gasteiger partial charge is 0.239 e. The topological polar surface area (TPSA) is 85.6 Å². The molecule has 1 aliphatic carbocycles. The predicted molar refractivity (Wildman–Crippen MR) is 121 cm³/mol. The van der Waals surface area contributed by atoms with E-state index in [2.05, 4.69) is 11.4 Å². The Morgan fingerprint density at radius 1 is 1.26 bits per heavy atom. The lowest BCUT2D eigenvalue weighted by atomic mass is 10.1. The fourth-order valence-electron chi connectivity index (χ4n) is 4.47. The molecule has 1 atom stereocenters. The highest BCUT2D eigenvalue weighted by Crippen LogP contribution is 2.37. The molecule has 1 aliphatic heterocycles. The Morgan fingerprint density at radius 3 is 2.87 bits per heavy atom. The number of thiophene rings is 1. The Hall–Kier alpha value is -2.40. The van der Waals surface area contributed by atoms with Gasteiger partial charge in [0.05, 0.1) is 18.2 Å². The van der Waals surface area contributed by atoms with Crippen molar-refractivity contribution in [3.8, 4) is 11.8 Å². The van der Waals surface area contributed by atoms with Crippen molar-refractivity contribution in [3.05, 3.63) is 45.8 Å². The van der Waals surface area contributed by atoms with E-state index in [-0.39, 0.29) is 24.3 Å². The first-order valence-corrected chi connectivity index (χ1v) is 11.9. The predicted octanol–water partition coefficient (Wildman–Crippen LogP) is 4.21. The number of aromatic hydroxyl groups is 1. The lowest BCUT2D eigenvalue weighted by Crippen LogP contribution is -2.38. The van der Waals surface area contributed by atoms with Gasteiger partial charge in [0.2, 0.25) is 5.91 Å². The van der Waals surface area contributed by atoms with Crippen molar-refractivity contribution in [2.45, 2.75) is 57.6 Å². The highest BCUT2D eigenvalue weighted by Gasteiger charge is 2.24. The zero-order valence-corrected chi connectivity index (χ0v) is 18.5. The minimum absolute atomic E-state index is 0.103. The van der Waals surface area contributed by atoms with Crippen LogP contribution in [0.1, 0.15) is 53.7 Å². The summed E-state index contributed by atoms with van der Waals surface area (Å²) >= 11 is 1.56. The van der Waals surface area contributed by atoms with Gasteiger partial charge in [-0.3, -0.25) is 9.69 Å². The van der Waals surface area contributed by atoms with Gasteiger partial charge in [0.1, 0.15) is 16.8 Å². The number of aryl methyl sites for hydroxylation is 1. The van der Waals surface area contributed by atoms with Gasteiger partial charge in [-0.05, 0) is 50.2 Å². The number of nitrogens with one attached hydrogen (secondary N) is 1. The van der Waals surface area contributed by atoms with Gasteiger partial charge in [-0.15, -0.1) is 11.3 Å². The molecule has 0 spiro atoms. The molecular formula is C24H29N3O3S. The highest BCUT2D eigenvalue weighted by molar-refractivity contribution is 7.16. The summed E-state index contributed by atoms with van der Waals surface area (Å²) in [5.74, 6) is 0.0929. The molecule has 1 aromatic carbocycles. The summed E-state index contributed by atoms with van der Waals surface area (Å²) < 4.78 is 5.78. The van der Waals surface area contributed by atoms with E-state index in [1.165, 1.54) is 11.3 Å². The van der Waals surface area contributed by atoms with E-state index in [1.807, 2.05) is 17.0 Å². The summed E-state index contributed by atoms with van der Waals surface area (Å²) in [5.41, 5.74) is 2.56. The average Bonchev–Trinajstić information content (AvgIpc) is 3.30. The standard InChI is InChI=1S/C24H29N3O3S/c25-13-20-19-9-2-1-3-11-22(19)31-24(20)26-23(29)16-27(15-18-8-6-12-30-18)14-17-7-4-5-10-21(17)28/h4-5,7,10,18,28H,1-3,6,8-9,11-12,14-16H2,(H,26,29). The van der Waals surface area contributed by atoms with Gasteiger partial charge in [0.15, 0.2) is 0 Å². The van der Waals surface area contributed by atoms with Crippen molar-refractivity contribution in [1.29, 1.82) is 5.26 Å². The molecule has 0 radical (unpaired) electrons. The second-order valence-corrected chi connectivity index (χ2v) is 9.47. The number of nitriles is 1. The van der Waals surface area contributed by atoms with Crippen LogP contribution in [0.5, 0.6) is 5.75 Å². The maximum Gasteiger partial charge on any atom is 0.239 e. The summed E-state index contributed by atoms with van der Waals surface area (Å²) in [6, 6.07) is 9.54. The van der Waals surface area contributed by atoms with Crippen LogP contribution < -0.4 is 5.32 Å². The third-order valence-corrected chi connectivity index (χ3v) is 7.23. The maximum atomic E-state index is 13.0. The number of para-hydroxylation sites is 1. The molecule has 1 unspecified atom stereocenters. The van der Waals surface area contributed by atoms with Crippen LogP contribution in [0.15, 0.2) is 24.3 Å². The van der Waals surface area contributed by atoms with Gasteiger partial charge >= 0.3 is 0 Å². The number of fused-ring (bicyclic) bond motifs is 1. The van der Waals surface area contributed by atoms with Crippen LogP contribution in [-0.2, 0) is 28.9 Å². The monoisotopic (exact) mass is 439 g/mol. The fourth-order valence-corrected chi connectivity index (χ4v) is 5.72. The van der Waals surface area contributed by atoms with E-state index in [1.54, 1.807) is 23.5 Å². The van der Waals surface area contributed by atoms with Crippen LogP contribution in [0.3, 0.4) is 0 Å². The number of nitrogens with zero attached hydrogens (tertiary/aromatic N) is 2. The molecule has 164 valence electrons. The first kappa shape index (κ1) is 21.8. The van der Waals surface area contributed by atoms with E-state index >= 15 is 0 Å². The number of amides is 1. The molecule has 2 N–H and O–H groups in total. The van der Waals surface area contributed by atoms with Gasteiger partial charge in [-0.2, -0.15) is 5.26 Å². The molecule has 31 heavy (non-hydrogen) atoms. The van der Waals surface area contributed by atoms with Crippen LogP contribution in [0, 0.1) is 11.3 Å². The molecule has 2 heterocycles. The number of ether oxygens (including phenoxy) is 1. The van der Waals surface area contributed by atoms with Gasteiger partial charge < -0.3 is 15.2 Å². The van der Waals surface area contributed by atoms with Crippen molar-refractivity contribution in [3.63, 3.8) is 0 Å². The highest BCUT2D eigenvalue weighted by atomic mass is 32.1. The minimum atomic E-state index is -0.138. The van der Waals surface area contributed by atoms with Crippen LogP contribution in [0.25, 0.3) is 0 Å². The van der Waals surface area contributed by atoms with Crippen molar-refractivity contribution in [2.75, 3.05) is 25.0 Å². The zero-order chi connectivity index (χ0) is 21.6. The summed E-state index contributed by atoms with van der Waals surface area (Å²) in [5, 5.41) is 23.6. The molecule has 0 bridgehead atoms. The van der Waals surface area contributed by atoms with E-state index in [9.17, 15) is 15.2 Å². The number of anilines is 1. The number of carbonyl (C=O) groups is 1. The van der Waals surface area contributed by atoms with Crippen molar-refractivity contribution in [1.82, 2.24) is 4.90 Å². The second kappa shape index (κ2) is 10.3. The number of phenolic OH excluding ortho intramolecular Hbond substituents is 1. The second-order valence-electron chi connectivity index (χ2n) is 8.36. The molecule has 1 aromatic heterocycles. The van der Waals surface area contributed by atoms with Crippen LogP contribution in [0.4, 0.5) is 5.00 Å². The summed E-state index contributed by atoms with van der Waals surface area (Å²) in [6.07, 6.45) is 7.46. The summed E-state index contributed by atoms with van der Waals surface area (Å²) in [4.78, 5) is 16.2. The van der Waals surface area contributed by atoms with E-state index in [0.29, 0.717) is 23.7 Å². The van der Waals surface area contributed by atoms with Crippen molar-refractivity contribution >= 4 is 22.2 Å². The lowest BCUT2D eigenvalue weighted by molar-refractivity contribution is -0.117. The van der Waals surface area contributed by atoms with Crippen molar-refractivity contribution in [2.24, 2.45) is 0 Å².